The molecule has 0 aliphatic carbocycles. The van der Waals surface area contributed by atoms with Crippen molar-refractivity contribution in [2.45, 2.75) is 21.6 Å². The number of benzene rings is 1. The average molecular weight is 338 g/mol. The molecule has 2 heterocycles. The smallest absolute Gasteiger partial charge is 0.110 e. The highest BCUT2D eigenvalue weighted by Gasteiger charge is 2.22. The van der Waals surface area contributed by atoms with Gasteiger partial charge >= 0.3 is 0 Å². The molecule has 0 bridgehead atoms. The molecule has 1 aromatic heterocycles. The van der Waals surface area contributed by atoms with E-state index in [0.717, 1.165) is 15.3 Å². The quantitative estimate of drug-likeness (QED) is 0.756. The van der Waals surface area contributed by atoms with E-state index in [1.54, 1.807) is 0 Å². The van der Waals surface area contributed by atoms with Crippen LogP contribution in [0, 0.1) is 0 Å². The Morgan fingerprint density at radius 3 is 3.00 bits per heavy atom. The second kappa shape index (κ2) is 5.68. The Morgan fingerprint density at radius 2 is 2.17 bits per heavy atom. The number of pyridine rings is 1. The van der Waals surface area contributed by atoms with E-state index < -0.39 is 0 Å². The molecule has 0 fully saturated rings. The highest BCUT2D eigenvalue weighted by Crippen LogP contribution is 2.39. The summed E-state index contributed by atoms with van der Waals surface area (Å²) in [7, 11) is 0. The Balaban J connectivity index is 1.62. The average Bonchev–Trinajstić information content (AvgIpc) is 2.80. The minimum absolute atomic E-state index is 0.668. The molecular weight excluding hydrogens is 326 g/mol. The van der Waals surface area contributed by atoms with Crippen LogP contribution in [0.15, 0.2) is 57.0 Å². The lowest BCUT2D eigenvalue weighted by atomic mass is 10.1. The Bertz CT molecular complexity index is 534. The van der Waals surface area contributed by atoms with Crippen molar-refractivity contribution in [2.75, 3.05) is 5.75 Å². The summed E-state index contributed by atoms with van der Waals surface area (Å²) in [5.74, 6) is 1.11. The van der Waals surface area contributed by atoms with Gasteiger partial charge < -0.3 is 0 Å². The summed E-state index contributed by atoms with van der Waals surface area (Å²) in [6.07, 6.45) is 3.03. The van der Waals surface area contributed by atoms with Crippen molar-refractivity contribution < 1.29 is 0 Å². The summed E-state index contributed by atoms with van der Waals surface area (Å²) in [6, 6.07) is 12.7. The van der Waals surface area contributed by atoms with E-state index in [-0.39, 0.29) is 0 Å². The van der Waals surface area contributed by atoms with Crippen molar-refractivity contribution >= 4 is 39.5 Å². The van der Waals surface area contributed by atoms with Crippen LogP contribution in [-0.2, 0) is 6.42 Å². The molecule has 0 spiro atoms. The molecular formula is C14H12BrNS2. The second-order valence-electron chi connectivity index (χ2n) is 4.15. The minimum atomic E-state index is 0.668. The Morgan fingerprint density at radius 1 is 1.28 bits per heavy atom. The lowest BCUT2D eigenvalue weighted by molar-refractivity contribution is 0.966. The topological polar surface area (TPSA) is 12.9 Å². The van der Waals surface area contributed by atoms with Crippen molar-refractivity contribution in [3.05, 3.63) is 52.6 Å². The zero-order valence-corrected chi connectivity index (χ0v) is 12.9. The van der Waals surface area contributed by atoms with Crippen LogP contribution in [-0.4, -0.2) is 16.0 Å². The molecule has 0 saturated heterocycles. The van der Waals surface area contributed by atoms with Crippen molar-refractivity contribution in [1.29, 1.82) is 0 Å². The summed E-state index contributed by atoms with van der Waals surface area (Å²) in [4.78, 5) is 5.84. The van der Waals surface area contributed by atoms with Crippen LogP contribution in [0.5, 0.6) is 0 Å². The van der Waals surface area contributed by atoms with E-state index in [2.05, 4.69) is 45.2 Å². The molecule has 2 aromatic rings. The van der Waals surface area contributed by atoms with Gasteiger partial charge in [0.05, 0.1) is 0 Å². The summed E-state index contributed by atoms with van der Waals surface area (Å²) in [5, 5.41) is 1.76. The van der Waals surface area contributed by atoms with Gasteiger partial charge in [-0.2, -0.15) is 0 Å². The van der Waals surface area contributed by atoms with Gasteiger partial charge in [0, 0.05) is 26.6 Å². The molecule has 4 heteroatoms. The molecule has 0 amide bonds. The molecule has 0 radical (unpaired) electrons. The van der Waals surface area contributed by atoms with Crippen LogP contribution in [0.1, 0.15) is 5.56 Å². The highest BCUT2D eigenvalue weighted by atomic mass is 79.9. The number of fused-ring (bicyclic) bond motifs is 1. The Labute approximate surface area is 124 Å². The lowest BCUT2D eigenvalue weighted by Crippen LogP contribution is -2.04. The highest BCUT2D eigenvalue weighted by molar-refractivity contribution is 9.10. The zero-order chi connectivity index (χ0) is 12.4. The van der Waals surface area contributed by atoms with Crippen LogP contribution in [0.25, 0.3) is 0 Å². The maximum absolute atomic E-state index is 4.40. The van der Waals surface area contributed by atoms with Crippen molar-refractivity contribution in [1.82, 2.24) is 4.98 Å². The standard InChI is InChI=1S/C14H12BrNS2/c15-12-5-3-7-16-14(12)17-9-11-8-10-4-1-2-6-13(10)18-11/h1-7,11H,8-9H2. The Kier molecular flexibility index (Phi) is 3.97. The molecule has 1 aromatic carbocycles. The number of rotatable bonds is 3. The van der Waals surface area contributed by atoms with Gasteiger partial charge in [-0.1, -0.05) is 18.2 Å². The fourth-order valence-corrected chi connectivity index (χ4v) is 4.96. The summed E-state index contributed by atoms with van der Waals surface area (Å²) < 4.78 is 1.09. The first kappa shape index (κ1) is 12.6. The third kappa shape index (κ3) is 2.76. The van der Waals surface area contributed by atoms with Crippen molar-refractivity contribution in [3.63, 3.8) is 0 Å². The van der Waals surface area contributed by atoms with Gasteiger partial charge in [-0.15, -0.1) is 23.5 Å². The molecule has 3 rings (SSSR count). The Hall–Kier alpha value is -0.450. The van der Waals surface area contributed by atoms with E-state index in [0.29, 0.717) is 5.25 Å². The number of hydrogen-bond donors (Lipinski definition) is 0. The summed E-state index contributed by atoms with van der Waals surface area (Å²) in [6.45, 7) is 0. The van der Waals surface area contributed by atoms with Gasteiger partial charge in [0.2, 0.25) is 0 Å². The van der Waals surface area contributed by atoms with E-state index in [4.69, 9.17) is 0 Å². The normalized spacial score (nSPS) is 17.7. The number of nitrogens with zero attached hydrogens (tertiary/aromatic N) is 1. The van der Waals surface area contributed by atoms with Gasteiger partial charge in [0.1, 0.15) is 5.03 Å². The molecule has 1 aliphatic rings. The molecule has 1 nitrogen and oxygen atoms in total. The molecule has 1 atom stereocenters. The maximum atomic E-state index is 4.40. The fraction of sp³-hybridized carbons (Fsp3) is 0.214. The number of aromatic nitrogens is 1. The first-order chi connectivity index (χ1) is 8.83. The van der Waals surface area contributed by atoms with E-state index in [9.17, 15) is 0 Å². The molecule has 0 saturated carbocycles. The van der Waals surface area contributed by atoms with Gasteiger partial charge in [-0.3, -0.25) is 0 Å². The molecule has 1 unspecified atom stereocenters. The lowest BCUT2D eigenvalue weighted by Gasteiger charge is -2.08. The third-order valence-corrected chi connectivity index (χ3v) is 6.44. The first-order valence-corrected chi connectivity index (χ1v) is 8.46. The maximum Gasteiger partial charge on any atom is 0.110 e. The van der Waals surface area contributed by atoms with Crippen LogP contribution in [0.3, 0.4) is 0 Å². The van der Waals surface area contributed by atoms with Crippen LogP contribution < -0.4 is 0 Å². The molecule has 1 aliphatic heterocycles. The fourth-order valence-electron chi connectivity index (χ4n) is 2.00. The van der Waals surface area contributed by atoms with Gasteiger partial charge in [-0.25, -0.2) is 4.98 Å². The minimum Gasteiger partial charge on any atom is -0.249 e. The number of hydrogen-bond acceptors (Lipinski definition) is 3. The van der Waals surface area contributed by atoms with E-state index in [1.807, 2.05) is 41.9 Å². The van der Waals surface area contributed by atoms with Crippen LogP contribution in [0.2, 0.25) is 0 Å². The molecule has 92 valence electrons. The summed E-state index contributed by atoms with van der Waals surface area (Å²) in [5.41, 5.74) is 1.49. The number of thioether (sulfide) groups is 2. The van der Waals surface area contributed by atoms with Crippen LogP contribution in [0.4, 0.5) is 0 Å². The third-order valence-electron chi connectivity index (χ3n) is 2.84. The predicted octanol–water partition coefficient (Wildman–Crippen LogP) is 4.65. The van der Waals surface area contributed by atoms with Crippen molar-refractivity contribution in [2.24, 2.45) is 0 Å². The number of halogens is 1. The van der Waals surface area contributed by atoms with E-state index in [1.165, 1.54) is 16.9 Å². The first-order valence-electron chi connectivity index (χ1n) is 5.81. The van der Waals surface area contributed by atoms with E-state index >= 15 is 0 Å². The molecule has 18 heavy (non-hydrogen) atoms. The van der Waals surface area contributed by atoms with Gasteiger partial charge in [0.15, 0.2) is 0 Å². The summed E-state index contributed by atoms with van der Waals surface area (Å²) >= 11 is 7.38. The SMILES string of the molecule is Brc1cccnc1SCC1Cc2ccccc2S1. The van der Waals surface area contributed by atoms with Crippen molar-refractivity contribution in [3.8, 4) is 0 Å². The van der Waals surface area contributed by atoms with Gasteiger partial charge in [0.25, 0.3) is 0 Å². The monoisotopic (exact) mass is 337 g/mol. The van der Waals surface area contributed by atoms with Gasteiger partial charge in [-0.05, 0) is 46.1 Å². The molecule has 0 N–H and O–H groups in total. The largest absolute Gasteiger partial charge is 0.249 e. The van der Waals surface area contributed by atoms with Crippen LogP contribution >= 0.6 is 39.5 Å². The predicted molar refractivity (Wildman–Crippen MR) is 82.5 cm³/mol. The zero-order valence-electron chi connectivity index (χ0n) is 9.67. The second-order valence-corrected chi connectivity index (χ2v) is 7.36.